The van der Waals surface area contributed by atoms with Crippen LogP contribution in [0.2, 0.25) is 0 Å². The Hall–Kier alpha value is -3.58. The number of aryl methyl sites for hydroxylation is 1. The first-order valence-corrected chi connectivity index (χ1v) is 8.46. The van der Waals surface area contributed by atoms with Gasteiger partial charge < -0.3 is 9.88 Å². The number of para-hydroxylation sites is 1. The Morgan fingerprint density at radius 3 is 2.46 bits per heavy atom. The summed E-state index contributed by atoms with van der Waals surface area (Å²) in [7, 11) is 0. The molecule has 0 aliphatic carbocycles. The fraction of sp³-hybridized carbons (Fsp3) is 0.0909. The molecule has 0 aliphatic rings. The number of aromatic nitrogens is 1. The van der Waals surface area contributed by atoms with Crippen molar-refractivity contribution in [2.75, 3.05) is 5.32 Å². The molecule has 0 bridgehead atoms. The molecule has 0 spiro atoms. The first-order chi connectivity index (χ1) is 12.7. The molecule has 0 unspecified atom stereocenters. The lowest BCUT2D eigenvalue weighted by Gasteiger charge is -2.08. The second-order valence-corrected chi connectivity index (χ2v) is 5.81. The molecule has 4 nitrogen and oxygen atoms in total. The van der Waals surface area contributed by atoms with Crippen LogP contribution < -0.4 is 5.32 Å². The summed E-state index contributed by atoms with van der Waals surface area (Å²) >= 11 is 0. The van der Waals surface area contributed by atoms with Gasteiger partial charge in [0.05, 0.1) is 0 Å². The van der Waals surface area contributed by atoms with Gasteiger partial charge in [-0.15, -0.1) is 0 Å². The molecular weight excluding hydrogens is 322 g/mol. The summed E-state index contributed by atoms with van der Waals surface area (Å²) in [5, 5.41) is 12.2. The summed E-state index contributed by atoms with van der Waals surface area (Å²) in [6.07, 6.45) is 4.44. The highest BCUT2D eigenvalue weighted by molar-refractivity contribution is 6.09. The molecule has 1 N–H and O–H groups in total. The van der Waals surface area contributed by atoms with Gasteiger partial charge in [-0.3, -0.25) is 4.79 Å². The fourth-order valence-electron chi connectivity index (χ4n) is 2.65. The van der Waals surface area contributed by atoms with Gasteiger partial charge >= 0.3 is 0 Å². The van der Waals surface area contributed by atoms with E-state index in [-0.39, 0.29) is 5.57 Å². The summed E-state index contributed by atoms with van der Waals surface area (Å²) in [4.78, 5) is 12.5. The van der Waals surface area contributed by atoms with Gasteiger partial charge in [0.1, 0.15) is 11.6 Å². The Morgan fingerprint density at radius 1 is 1.08 bits per heavy atom. The van der Waals surface area contributed by atoms with Gasteiger partial charge in [0.2, 0.25) is 0 Å². The van der Waals surface area contributed by atoms with Crippen LogP contribution >= 0.6 is 0 Å². The number of benzene rings is 2. The minimum absolute atomic E-state index is 0.0560. The number of nitrogens with zero attached hydrogens (tertiary/aromatic N) is 2. The highest BCUT2D eigenvalue weighted by Crippen LogP contribution is 2.17. The lowest BCUT2D eigenvalue weighted by Crippen LogP contribution is -2.13. The van der Waals surface area contributed by atoms with Crippen molar-refractivity contribution in [1.82, 2.24) is 4.57 Å². The third kappa shape index (κ3) is 3.90. The molecule has 2 aromatic carbocycles. The number of amides is 1. The van der Waals surface area contributed by atoms with Crippen LogP contribution in [0.4, 0.5) is 5.69 Å². The van der Waals surface area contributed by atoms with Gasteiger partial charge in [-0.1, -0.05) is 37.3 Å². The molecule has 1 aromatic heterocycles. The SMILES string of the molecule is CCc1ccc(NC(=O)/C(C#N)=C\c2cccn2-c2ccccc2)cc1. The highest BCUT2D eigenvalue weighted by Gasteiger charge is 2.11. The first-order valence-electron chi connectivity index (χ1n) is 8.46. The quantitative estimate of drug-likeness (QED) is 0.545. The van der Waals surface area contributed by atoms with Crippen molar-refractivity contribution < 1.29 is 4.79 Å². The normalized spacial score (nSPS) is 11.0. The van der Waals surface area contributed by atoms with E-state index in [0.717, 1.165) is 17.8 Å². The second kappa shape index (κ2) is 8.00. The van der Waals surface area contributed by atoms with E-state index in [4.69, 9.17) is 0 Å². The number of hydrogen-bond donors (Lipinski definition) is 1. The molecule has 0 aliphatic heterocycles. The minimum Gasteiger partial charge on any atom is -0.321 e. The Balaban J connectivity index is 1.83. The van der Waals surface area contributed by atoms with E-state index in [9.17, 15) is 10.1 Å². The summed E-state index contributed by atoms with van der Waals surface area (Å²) in [5.41, 5.74) is 3.66. The number of anilines is 1. The van der Waals surface area contributed by atoms with Crippen LogP contribution in [0, 0.1) is 11.3 Å². The standard InChI is InChI=1S/C22H19N3O/c1-2-17-10-12-19(13-11-17)24-22(26)18(16-23)15-21-9-6-14-25(21)20-7-4-3-5-8-20/h3-15H,2H2,1H3,(H,24,26)/b18-15-. The van der Waals surface area contributed by atoms with Crippen LogP contribution in [0.5, 0.6) is 0 Å². The Morgan fingerprint density at radius 2 is 1.81 bits per heavy atom. The molecule has 128 valence electrons. The molecule has 0 fully saturated rings. The largest absolute Gasteiger partial charge is 0.321 e. The summed E-state index contributed by atoms with van der Waals surface area (Å²) in [6.45, 7) is 2.08. The molecule has 0 saturated heterocycles. The lowest BCUT2D eigenvalue weighted by molar-refractivity contribution is -0.112. The van der Waals surface area contributed by atoms with Gasteiger partial charge in [0.25, 0.3) is 5.91 Å². The molecule has 0 radical (unpaired) electrons. The molecule has 4 heteroatoms. The van der Waals surface area contributed by atoms with Gasteiger partial charge in [-0.25, -0.2) is 0 Å². The maximum atomic E-state index is 12.5. The third-order valence-corrected chi connectivity index (χ3v) is 4.09. The molecular formula is C22H19N3O. The first kappa shape index (κ1) is 17.2. The number of nitriles is 1. The molecule has 0 atom stereocenters. The molecule has 26 heavy (non-hydrogen) atoms. The minimum atomic E-state index is -0.419. The summed E-state index contributed by atoms with van der Waals surface area (Å²) in [6, 6.07) is 23.1. The Labute approximate surface area is 153 Å². The average molecular weight is 341 g/mol. The van der Waals surface area contributed by atoms with Gasteiger partial charge in [-0.2, -0.15) is 5.26 Å². The predicted molar refractivity (Wildman–Crippen MR) is 104 cm³/mol. The van der Waals surface area contributed by atoms with Crippen molar-refractivity contribution >= 4 is 17.7 Å². The monoisotopic (exact) mass is 341 g/mol. The van der Waals surface area contributed by atoms with Crippen molar-refractivity contribution in [3.05, 3.63) is 89.8 Å². The van der Waals surface area contributed by atoms with E-state index in [1.165, 1.54) is 5.56 Å². The number of nitrogens with one attached hydrogen (secondary N) is 1. The van der Waals surface area contributed by atoms with Crippen LogP contribution in [0.3, 0.4) is 0 Å². The van der Waals surface area contributed by atoms with E-state index in [2.05, 4.69) is 12.2 Å². The number of hydrogen-bond acceptors (Lipinski definition) is 2. The zero-order chi connectivity index (χ0) is 18.4. The Bertz CT molecular complexity index is 961. The Kier molecular flexibility index (Phi) is 5.31. The van der Waals surface area contributed by atoms with Crippen molar-refractivity contribution in [1.29, 1.82) is 5.26 Å². The van der Waals surface area contributed by atoms with Gasteiger partial charge in [-0.05, 0) is 54.5 Å². The molecule has 3 aromatic rings. The fourth-order valence-corrected chi connectivity index (χ4v) is 2.65. The maximum absolute atomic E-state index is 12.5. The zero-order valence-electron chi connectivity index (χ0n) is 14.5. The predicted octanol–water partition coefficient (Wildman–Crippen LogP) is 4.59. The van der Waals surface area contributed by atoms with E-state index in [1.807, 2.05) is 83.6 Å². The number of carbonyl (C=O) groups is 1. The van der Waals surface area contributed by atoms with Crippen LogP contribution in [0.25, 0.3) is 11.8 Å². The van der Waals surface area contributed by atoms with E-state index in [0.29, 0.717) is 5.69 Å². The third-order valence-electron chi connectivity index (χ3n) is 4.09. The van der Waals surface area contributed by atoms with Crippen LogP contribution in [-0.4, -0.2) is 10.5 Å². The van der Waals surface area contributed by atoms with Crippen molar-refractivity contribution in [3.8, 4) is 11.8 Å². The number of carbonyl (C=O) groups excluding carboxylic acids is 1. The topological polar surface area (TPSA) is 57.8 Å². The van der Waals surface area contributed by atoms with Crippen molar-refractivity contribution in [3.63, 3.8) is 0 Å². The summed E-state index contributed by atoms with van der Waals surface area (Å²) < 4.78 is 1.93. The molecule has 1 amide bonds. The molecule has 3 rings (SSSR count). The maximum Gasteiger partial charge on any atom is 0.266 e. The van der Waals surface area contributed by atoms with E-state index < -0.39 is 5.91 Å². The van der Waals surface area contributed by atoms with Gasteiger partial charge in [0.15, 0.2) is 0 Å². The highest BCUT2D eigenvalue weighted by atomic mass is 16.1. The van der Waals surface area contributed by atoms with Crippen molar-refractivity contribution in [2.24, 2.45) is 0 Å². The van der Waals surface area contributed by atoms with Crippen LogP contribution in [-0.2, 0) is 11.2 Å². The van der Waals surface area contributed by atoms with E-state index in [1.54, 1.807) is 6.08 Å². The van der Waals surface area contributed by atoms with Crippen molar-refractivity contribution in [2.45, 2.75) is 13.3 Å². The van der Waals surface area contributed by atoms with Crippen LogP contribution in [0.1, 0.15) is 18.2 Å². The summed E-state index contributed by atoms with van der Waals surface area (Å²) in [5.74, 6) is -0.419. The van der Waals surface area contributed by atoms with Crippen LogP contribution in [0.15, 0.2) is 78.5 Å². The van der Waals surface area contributed by atoms with E-state index >= 15 is 0 Å². The zero-order valence-corrected chi connectivity index (χ0v) is 14.5. The second-order valence-electron chi connectivity index (χ2n) is 5.81. The average Bonchev–Trinajstić information content (AvgIpc) is 3.15. The smallest absolute Gasteiger partial charge is 0.266 e. The van der Waals surface area contributed by atoms with Gasteiger partial charge in [0, 0.05) is 23.3 Å². The number of rotatable bonds is 5. The lowest BCUT2D eigenvalue weighted by atomic mass is 10.1. The molecule has 0 saturated carbocycles. The molecule has 1 heterocycles.